The smallest absolute Gasteiger partial charge is 0.309 e. The SMILES string of the molecule is [B]C1(NC(=O)CCCOc2ccc(OCCNC(=O)[C@H]3CC(=O)N(C)[C@@H]3c3cccnc3)cc2)CCC(C(=O)OC(C)(C)C)CC1. The van der Waals surface area contributed by atoms with Crippen LogP contribution in [0, 0.1) is 11.8 Å². The summed E-state index contributed by atoms with van der Waals surface area (Å²) in [5, 5.41) is 5.82. The molecule has 11 nitrogen and oxygen atoms in total. The molecule has 4 rings (SSSR count). The minimum Gasteiger partial charge on any atom is -0.494 e. The number of nitrogens with one attached hydrogen (secondary N) is 2. The second-order valence-corrected chi connectivity index (χ2v) is 13.1. The van der Waals surface area contributed by atoms with Crippen molar-refractivity contribution in [2.75, 3.05) is 26.8 Å². The highest BCUT2D eigenvalue weighted by Gasteiger charge is 2.42. The number of hydrogen-bond acceptors (Lipinski definition) is 8. The van der Waals surface area contributed by atoms with Crippen molar-refractivity contribution < 1.29 is 33.4 Å². The fraction of sp³-hybridized carbons (Fsp3) is 0.559. The lowest BCUT2D eigenvalue weighted by Crippen LogP contribution is -2.52. The van der Waals surface area contributed by atoms with Crippen LogP contribution >= 0.6 is 0 Å². The van der Waals surface area contributed by atoms with Crippen molar-refractivity contribution in [2.24, 2.45) is 11.8 Å². The van der Waals surface area contributed by atoms with Gasteiger partial charge in [0.15, 0.2) is 0 Å². The molecule has 2 aliphatic rings. The molecule has 2 heterocycles. The van der Waals surface area contributed by atoms with Crippen molar-refractivity contribution in [3.05, 3.63) is 54.4 Å². The van der Waals surface area contributed by atoms with Gasteiger partial charge in [-0.2, -0.15) is 0 Å². The molecule has 2 fully saturated rings. The Morgan fingerprint density at radius 2 is 1.70 bits per heavy atom. The number of rotatable bonds is 13. The first-order chi connectivity index (χ1) is 21.8. The van der Waals surface area contributed by atoms with E-state index in [1.54, 1.807) is 54.7 Å². The third-order valence-electron chi connectivity index (χ3n) is 8.27. The van der Waals surface area contributed by atoms with Crippen LogP contribution in [0.2, 0.25) is 0 Å². The Bertz CT molecular complexity index is 1340. The predicted molar refractivity (Wildman–Crippen MR) is 172 cm³/mol. The summed E-state index contributed by atoms with van der Waals surface area (Å²) < 4.78 is 17.0. The number of benzene rings is 1. The van der Waals surface area contributed by atoms with E-state index in [0.29, 0.717) is 56.8 Å². The molecular weight excluding hydrogens is 587 g/mol. The zero-order chi connectivity index (χ0) is 33.3. The van der Waals surface area contributed by atoms with E-state index in [-0.39, 0.29) is 55.1 Å². The number of hydrogen-bond donors (Lipinski definition) is 2. The molecule has 2 radical (unpaired) electrons. The molecular formula is C34H45BN4O7. The third-order valence-corrected chi connectivity index (χ3v) is 8.27. The van der Waals surface area contributed by atoms with Crippen LogP contribution in [-0.4, -0.2) is 79.3 Å². The van der Waals surface area contributed by atoms with Gasteiger partial charge in [-0.3, -0.25) is 24.2 Å². The van der Waals surface area contributed by atoms with Crippen LogP contribution in [0.3, 0.4) is 0 Å². The number of carbonyl (C=O) groups excluding carboxylic acids is 4. The van der Waals surface area contributed by atoms with Gasteiger partial charge >= 0.3 is 5.97 Å². The van der Waals surface area contributed by atoms with Gasteiger partial charge in [0.05, 0.1) is 31.0 Å². The molecule has 1 saturated carbocycles. The maximum atomic E-state index is 12.9. The number of ether oxygens (including phenoxy) is 3. The summed E-state index contributed by atoms with van der Waals surface area (Å²) in [7, 11) is 8.13. The molecule has 2 aromatic rings. The standard InChI is InChI=1S/C34H45BN4O7/c1-33(2,3)46-32(43)23-13-15-34(35,16-14-23)38-28(40)8-6-19-44-25-9-11-26(12-10-25)45-20-18-37-31(42)27-21-29(41)39(4)30(27)24-7-5-17-36-22-24/h5,7,9-12,17,22-23,27,30H,6,8,13-16,18-21H2,1-4H3,(H,37,42)(H,38,40)/t23?,27-,30+,34?/m0/s1. The van der Waals surface area contributed by atoms with E-state index in [1.165, 1.54) is 0 Å². The fourth-order valence-electron chi connectivity index (χ4n) is 5.86. The van der Waals surface area contributed by atoms with E-state index >= 15 is 0 Å². The van der Waals surface area contributed by atoms with Gasteiger partial charge in [0.2, 0.25) is 17.7 Å². The summed E-state index contributed by atoms with van der Waals surface area (Å²) in [6, 6.07) is 10.4. The zero-order valence-electron chi connectivity index (χ0n) is 27.3. The largest absolute Gasteiger partial charge is 0.494 e. The number of esters is 1. The minimum absolute atomic E-state index is 0.0738. The summed E-state index contributed by atoms with van der Waals surface area (Å²) in [5.41, 5.74) is -0.508. The van der Waals surface area contributed by atoms with Crippen molar-refractivity contribution in [1.82, 2.24) is 20.5 Å². The van der Waals surface area contributed by atoms with Crippen LogP contribution in [0.15, 0.2) is 48.8 Å². The number of amides is 3. The lowest BCUT2D eigenvalue weighted by molar-refractivity contribution is -0.161. The maximum absolute atomic E-state index is 12.9. The average Bonchev–Trinajstić information content (AvgIpc) is 3.31. The molecule has 3 amide bonds. The zero-order valence-corrected chi connectivity index (χ0v) is 27.3. The molecule has 1 aromatic heterocycles. The highest BCUT2D eigenvalue weighted by atomic mass is 16.6. The highest BCUT2D eigenvalue weighted by Crippen LogP contribution is 2.37. The van der Waals surface area contributed by atoms with Crippen LogP contribution in [0.25, 0.3) is 0 Å². The Balaban J connectivity index is 1.10. The topological polar surface area (TPSA) is 136 Å². The minimum atomic E-state index is -0.816. The number of pyridine rings is 1. The van der Waals surface area contributed by atoms with Crippen molar-refractivity contribution >= 4 is 31.5 Å². The molecule has 0 unspecified atom stereocenters. The Morgan fingerprint density at radius 3 is 2.30 bits per heavy atom. The first-order valence-electron chi connectivity index (χ1n) is 16.0. The van der Waals surface area contributed by atoms with E-state index in [0.717, 1.165) is 5.56 Å². The van der Waals surface area contributed by atoms with E-state index in [4.69, 9.17) is 22.1 Å². The summed E-state index contributed by atoms with van der Waals surface area (Å²) in [6.45, 7) is 6.46. The molecule has 1 aliphatic carbocycles. The Morgan fingerprint density at radius 1 is 1.04 bits per heavy atom. The maximum Gasteiger partial charge on any atom is 0.309 e. The average molecular weight is 633 g/mol. The van der Waals surface area contributed by atoms with Crippen LogP contribution in [0.4, 0.5) is 0 Å². The molecule has 1 aliphatic heterocycles. The lowest BCUT2D eigenvalue weighted by atomic mass is 9.65. The van der Waals surface area contributed by atoms with Gasteiger partial charge in [-0.05, 0) is 94.2 Å². The van der Waals surface area contributed by atoms with Gasteiger partial charge in [0.25, 0.3) is 0 Å². The third kappa shape index (κ3) is 9.96. The summed E-state index contributed by atoms with van der Waals surface area (Å²) >= 11 is 0. The number of likely N-dealkylation sites (tertiary alicyclic amines) is 1. The molecule has 1 aromatic carbocycles. The molecule has 2 N–H and O–H groups in total. The van der Waals surface area contributed by atoms with E-state index < -0.39 is 17.0 Å². The molecule has 246 valence electrons. The van der Waals surface area contributed by atoms with Gasteiger partial charge < -0.3 is 29.7 Å². The van der Waals surface area contributed by atoms with Gasteiger partial charge in [-0.1, -0.05) is 6.07 Å². The van der Waals surface area contributed by atoms with Crippen molar-refractivity contribution in [2.45, 2.75) is 82.8 Å². The van der Waals surface area contributed by atoms with Gasteiger partial charge in [-0.15, -0.1) is 0 Å². The van der Waals surface area contributed by atoms with E-state index in [9.17, 15) is 19.2 Å². The lowest BCUT2D eigenvalue weighted by Gasteiger charge is -2.38. The molecule has 1 saturated heterocycles. The first-order valence-corrected chi connectivity index (χ1v) is 16.0. The van der Waals surface area contributed by atoms with Crippen LogP contribution in [0.1, 0.15) is 77.3 Å². The molecule has 46 heavy (non-hydrogen) atoms. The Hall–Kier alpha value is -4.09. The normalized spacial score (nSPS) is 23.0. The molecule has 12 heteroatoms. The quantitative estimate of drug-likeness (QED) is 0.195. The van der Waals surface area contributed by atoms with Crippen molar-refractivity contribution in [3.8, 4) is 11.5 Å². The van der Waals surface area contributed by atoms with Crippen molar-refractivity contribution in [1.29, 1.82) is 0 Å². The fourth-order valence-corrected chi connectivity index (χ4v) is 5.86. The summed E-state index contributed by atoms with van der Waals surface area (Å²) in [5.74, 6) is -0.0296. The van der Waals surface area contributed by atoms with Gasteiger partial charge in [-0.25, -0.2) is 0 Å². The van der Waals surface area contributed by atoms with Crippen LogP contribution in [0.5, 0.6) is 11.5 Å². The monoisotopic (exact) mass is 632 g/mol. The van der Waals surface area contributed by atoms with Gasteiger partial charge in [0, 0.05) is 32.3 Å². The van der Waals surface area contributed by atoms with E-state index in [2.05, 4.69) is 15.6 Å². The number of carbonyl (C=O) groups is 4. The molecule has 0 spiro atoms. The second-order valence-electron chi connectivity index (χ2n) is 13.1. The number of nitrogens with zero attached hydrogens (tertiary/aromatic N) is 2. The van der Waals surface area contributed by atoms with Crippen molar-refractivity contribution in [3.63, 3.8) is 0 Å². The molecule has 2 atom stereocenters. The molecule has 0 bridgehead atoms. The van der Waals surface area contributed by atoms with E-state index in [1.807, 2.05) is 26.8 Å². The second kappa shape index (κ2) is 15.5. The van der Waals surface area contributed by atoms with Crippen LogP contribution < -0.4 is 20.1 Å². The summed E-state index contributed by atoms with van der Waals surface area (Å²) in [4.78, 5) is 55.8. The Labute approximate surface area is 272 Å². The van der Waals surface area contributed by atoms with Gasteiger partial charge in [0.1, 0.15) is 31.6 Å². The predicted octanol–water partition coefficient (Wildman–Crippen LogP) is 3.47. The highest BCUT2D eigenvalue weighted by molar-refractivity contribution is 6.16. The van der Waals surface area contributed by atoms with Crippen LogP contribution in [-0.2, 0) is 23.9 Å². The summed E-state index contributed by atoms with van der Waals surface area (Å²) in [6.07, 6.45) is 6.49. The Kier molecular flexibility index (Phi) is 11.7. The first kappa shape index (κ1) is 34.8. The number of aromatic nitrogens is 1.